The van der Waals surface area contributed by atoms with Crippen LogP contribution in [0.15, 0.2) is 10.2 Å². The smallest absolute Gasteiger partial charge is 0.0470 e. The number of rotatable bonds is 3. The Hall–Kier alpha value is -0.660. The van der Waals surface area contributed by atoms with E-state index in [9.17, 15) is 0 Å². The van der Waals surface area contributed by atoms with Gasteiger partial charge in [-0.05, 0) is 112 Å². The Morgan fingerprint density at radius 3 is 1.34 bits per heavy atom. The maximum atomic E-state index is 5.24. The first-order valence-electron chi connectivity index (χ1n) is 14.1. The van der Waals surface area contributed by atoms with Crippen LogP contribution in [0.4, 0.5) is 0 Å². The minimum Gasteiger partial charge on any atom is -0.160 e. The Morgan fingerprint density at radius 1 is 0.625 bits per heavy atom. The van der Waals surface area contributed by atoms with Crippen LogP contribution in [0.3, 0.4) is 0 Å². The first kappa shape index (κ1) is 24.5. The monoisotopic (exact) mass is 440 g/mol. The molecule has 4 saturated carbocycles. The second-order valence-electron chi connectivity index (χ2n) is 14.1. The number of hydrogen-bond donors (Lipinski definition) is 0. The summed E-state index contributed by atoms with van der Waals surface area (Å²) in [5.41, 5.74) is 4.16. The number of fused-ring (bicyclic) bond motifs is 2. The fraction of sp³-hybridized carbons (Fsp3) is 0.933. The highest BCUT2D eigenvalue weighted by molar-refractivity contribution is 5.95. The van der Waals surface area contributed by atoms with Gasteiger partial charge in [0.05, 0.1) is 0 Å². The summed E-state index contributed by atoms with van der Waals surface area (Å²) in [5, 5.41) is 10.5. The van der Waals surface area contributed by atoms with Gasteiger partial charge in [0.25, 0.3) is 0 Å². The van der Waals surface area contributed by atoms with Crippen LogP contribution in [-0.4, -0.2) is 11.4 Å². The molecule has 0 aromatic rings. The van der Waals surface area contributed by atoms with Crippen LogP contribution < -0.4 is 0 Å². The van der Waals surface area contributed by atoms with E-state index in [1.807, 2.05) is 0 Å². The van der Waals surface area contributed by atoms with Crippen LogP contribution in [0.2, 0.25) is 0 Å². The van der Waals surface area contributed by atoms with Crippen molar-refractivity contribution in [1.82, 2.24) is 0 Å². The first-order valence-corrected chi connectivity index (χ1v) is 14.1. The molecule has 0 aliphatic heterocycles. The van der Waals surface area contributed by atoms with Crippen molar-refractivity contribution in [3.63, 3.8) is 0 Å². The molecule has 0 radical (unpaired) electrons. The molecule has 4 aliphatic rings. The summed E-state index contributed by atoms with van der Waals surface area (Å²) in [7, 11) is 0. The molecule has 0 bridgehead atoms. The van der Waals surface area contributed by atoms with E-state index in [0.29, 0.717) is 10.8 Å². The maximum Gasteiger partial charge on any atom is 0.0470 e. The van der Waals surface area contributed by atoms with Gasteiger partial charge in [0.2, 0.25) is 0 Å². The SMILES string of the molecule is CC(C)C1CCC2(C)CCCC(=NN=C3CCCC4(C)CCC(C(C)C)CC34C)C2(C)C1. The highest BCUT2D eigenvalue weighted by Crippen LogP contribution is 2.61. The predicted octanol–water partition coefficient (Wildman–Crippen LogP) is 9.09. The summed E-state index contributed by atoms with van der Waals surface area (Å²) < 4.78 is 0. The molecule has 4 rings (SSSR count). The van der Waals surface area contributed by atoms with Crippen LogP contribution in [0, 0.1) is 45.3 Å². The van der Waals surface area contributed by atoms with E-state index >= 15 is 0 Å². The zero-order valence-corrected chi connectivity index (χ0v) is 22.7. The second-order valence-corrected chi connectivity index (χ2v) is 14.1. The molecule has 0 amide bonds. The molecule has 0 N–H and O–H groups in total. The Bertz CT molecular complexity index is 699. The third-order valence-corrected chi connectivity index (χ3v) is 11.9. The highest BCUT2D eigenvalue weighted by atomic mass is 15.2. The third kappa shape index (κ3) is 3.84. The van der Waals surface area contributed by atoms with Crippen LogP contribution >= 0.6 is 0 Å². The topological polar surface area (TPSA) is 24.7 Å². The zero-order valence-electron chi connectivity index (χ0n) is 22.7. The summed E-state index contributed by atoms with van der Waals surface area (Å²) in [6, 6.07) is 0. The second kappa shape index (κ2) is 8.53. The molecule has 32 heavy (non-hydrogen) atoms. The summed E-state index contributed by atoms with van der Waals surface area (Å²) in [4.78, 5) is 0. The molecule has 4 aliphatic carbocycles. The molecule has 2 heteroatoms. The normalized spacial score (nSPS) is 47.7. The van der Waals surface area contributed by atoms with Crippen molar-refractivity contribution < 1.29 is 0 Å². The Balaban J connectivity index is 1.68. The van der Waals surface area contributed by atoms with Crippen LogP contribution in [0.25, 0.3) is 0 Å². The largest absolute Gasteiger partial charge is 0.160 e. The lowest BCUT2D eigenvalue weighted by Crippen LogP contribution is -2.52. The average Bonchev–Trinajstić information content (AvgIpc) is 2.72. The molecule has 4 fully saturated rings. The van der Waals surface area contributed by atoms with Crippen molar-refractivity contribution in [1.29, 1.82) is 0 Å². The summed E-state index contributed by atoms with van der Waals surface area (Å²) in [5.74, 6) is 3.23. The average molecular weight is 441 g/mol. The Kier molecular flexibility index (Phi) is 6.52. The van der Waals surface area contributed by atoms with Gasteiger partial charge < -0.3 is 0 Å². The van der Waals surface area contributed by atoms with Crippen molar-refractivity contribution in [3.8, 4) is 0 Å². The van der Waals surface area contributed by atoms with Crippen molar-refractivity contribution in [2.24, 2.45) is 55.5 Å². The van der Waals surface area contributed by atoms with E-state index in [2.05, 4.69) is 55.4 Å². The van der Waals surface area contributed by atoms with Crippen molar-refractivity contribution in [3.05, 3.63) is 0 Å². The predicted molar refractivity (Wildman–Crippen MR) is 139 cm³/mol. The van der Waals surface area contributed by atoms with E-state index in [-0.39, 0.29) is 10.8 Å². The van der Waals surface area contributed by atoms with Gasteiger partial charge in [0.15, 0.2) is 0 Å². The molecule has 6 atom stereocenters. The summed E-state index contributed by atoms with van der Waals surface area (Å²) >= 11 is 0. The summed E-state index contributed by atoms with van der Waals surface area (Å²) in [6.45, 7) is 20.0. The Labute approximate surface area is 199 Å². The lowest BCUT2D eigenvalue weighted by molar-refractivity contribution is 0.00945. The lowest BCUT2D eigenvalue weighted by Gasteiger charge is -2.57. The van der Waals surface area contributed by atoms with E-state index in [4.69, 9.17) is 10.2 Å². The fourth-order valence-corrected chi connectivity index (χ4v) is 8.46. The molecule has 0 aromatic heterocycles. The van der Waals surface area contributed by atoms with Crippen molar-refractivity contribution >= 4 is 11.4 Å². The van der Waals surface area contributed by atoms with Gasteiger partial charge in [-0.15, -0.1) is 0 Å². The van der Waals surface area contributed by atoms with Crippen LogP contribution in [-0.2, 0) is 0 Å². The zero-order chi connectivity index (χ0) is 23.4. The summed E-state index contributed by atoms with van der Waals surface area (Å²) in [6.07, 6.45) is 15.8. The quantitative estimate of drug-likeness (QED) is 0.391. The molecule has 0 heterocycles. The van der Waals surface area contributed by atoms with Gasteiger partial charge in [-0.25, -0.2) is 0 Å². The molecule has 0 aromatic carbocycles. The van der Waals surface area contributed by atoms with E-state index in [1.165, 1.54) is 75.6 Å². The van der Waals surface area contributed by atoms with Gasteiger partial charge in [-0.1, -0.05) is 55.4 Å². The molecule has 0 spiro atoms. The van der Waals surface area contributed by atoms with Crippen molar-refractivity contribution in [2.45, 2.75) is 132 Å². The molecule has 182 valence electrons. The van der Waals surface area contributed by atoms with Crippen LogP contribution in [0.5, 0.6) is 0 Å². The molecular formula is C30H52N2. The lowest BCUT2D eigenvalue weighted by atomic mass is 9.48. The molecule has 0 saturated heterocycles. The van der Waals surface area contributed by atoms with E-state index in [0.717, 1.165) is 36.5 Å². The highest BCUT2D eigenvalue weighted by Gasteiger charge is 2.55. The third-order valence-electron chi connectivity index (χ3n) is 11.9. The van der Waals surface area contributed by atoms with Gasteiger partial charge in [0, 0.05) is 22.3 Å². The van der Waals surface area contributed by atoms with Crippen molar-refractivity contribution in [2.75, 3.05) is 0 Å². The standard InChI is InChI=1S/C30H52N2/c1-21(2)23-13-17-27(5)15-9-11-25(29(27,7)19-23)31-32-26-12-10-16-28(6)18-14-24(22(3)4)20-30(26,28)8/h21-24H,9-20H2,1-8H3. The Morgan fingerprint density at radius 2 is 1.00 bits per heavy atom. The number of hydrogen-bond acceptors (Lipinski definition) is 2. The minimum absolute atomic E-state index is 0.231. The van der Waals surface area contributed by atoms with Gasteiger partial charge in [0.1, 0.15) is 0 Å². The van der Waals surface area contributed by atoms with Gasteiger partial charge in [-0.2, -0.15) is 10.2 Å². The molecule has 2 nitrogen and oxygen atoms in total. The van der Waals surface area contributed by atoms with Gasteiger partial charge in [-0.3, -0.25) is 0 Å². The van der Waals surface area contributed by atoms with E-state index in [1.54, 1.807) is 0 Å². The fourth-order valence-electron chi connectivity index (χ4n) is 8.46. The van der Waals surface area contributed by atoms with E-state index < -0.39 is 0 Å². The minimum atomic E-state index is 0.231. The number of nitrogens with zero attached hydrogens (tertiary/aromatic N) is 2. The first-order chi connectivity index (χ1) is 14.9. The maximum absolute atomic E-state index is 5.24. The van der Waals surface area contributed by atoms with Crippen LogP contribution in [0.1, 0.15) is 132 Å². The molecule has 6 unspecified atom stereocenters. The van der Waals surface area contributed by atoms with Gasteiger partial charge >= 0.3 is 0 Å². The molecular weight excluding hydrogens is 388 g/mol.